The second-order valence-corrected chi connectivity index (χ2v) is 6.60. The highest BCUT2D eigenvalue weighted by Crippen LogP contribution is 2.24. The van der Waals surface area contributed by atoms with Crippen molar-refractivity contribution in [3.63, 3.8) is 0 Å². The molecule has 1 aliphatic rings. The molecule has 0 unspecified atom stereocenters. The van der Waals surface area contributed by atoms with Gasteiger partial charge in [0.25, 0.3) is 0 Å². The fraction of sp³-hybridized carbons (Fsp3) is 0.667. The molecule has 1 aliphatic carbocycles. The minimum Gasteiger partial charge on any atom is -0.352 e. The van der Waals surface area contributed by atoms with Crippen molar-refractivity contribution in [2.75, 3.05) is 5.75 Å². The van der Waals surface area contributed by atoms with E-state index in [0.717, 1.165) is 17.8 Å². The molecule has 1 fully saturated rings. The summed E-state index contributed by atoms with van der Waals surface area (Å²) in [6.45, 7) is 6.12. The van der Waals surface area contributed by atoms with Crippen LogP contribution in [0.1, 0.15) is 44.0 Å². The van der Waals surface area contributed by atoms with E-state index in [1.807, 2.05) is 19.9 Å². The van der Waals surface area contributed by atoms with Gasteiger partial charge < -0.3 is 5.32 Å². The van der Waals surface area contributed by atoms with Crippen molar-refractivity contribution in [2.45, 2.75) is 57.7 Å². The van der Waals surface area contributed by atoms with Gasteiger partial charge in [0.15, 0.2) is 5.16 Å². The van der Waals surface area contributed by atoms with Gasteiger partial charge in [0, 0.05) is 17.4 Å². The third kappa shape index (κ3) is 4.47. The summed E-state index contributed by atoms with van der Waals surface area (Å²) in [5.41, 5.74) is 1.89. The molecule has 1 aromatic heterocycles. The number of carbonyl (C=O) groups excluding carboxylic acids is 1. The van der Waals surface area contributed by atoms with Gasteiger partial charge in [-0.05, 0) is 38.7 Å². The summed E-state index contributed by atoms with van der Waals surface area (Å²) in [4.78, 5) is 20.7. The second-order valence-electron chi connectivity index (χ2n) is 5.66. The highest BCUT2D eigenvalue weighted by molar-refractivity contribution is 7.99. The number of nitrogens with zero attached hydrogens (tertiary/aromatic N) is 2. The molecule has 0 aliphatic heterocycles. The molecule has 0 radical (unpaired) electrons. The molecule has 1 heterocycles. The van der Waals surface area contributed by atoms with Gasteiger partial charge in [0.1, 0.15) is 0 Å². The van der Waals surface area contributed by atoms with Gasteiger partial charge in [-0.2, -0.15) is 0 Å². The van der Waals surface area contributed by atoms with E-state index >= 15 is 0 Å². The molecule has 110 valence electrons. The van der Waals surface area contributed by atoms with Crippen LogP contribution in [0.4, 0.5) is 0 Å². The maximum absolute atomic E-state index is 12.0. The Morgan fingerprint density at radius 2 is 1.95 bits per heavy atom. The Labute approximate surface area is 125 Å². The molecule has 20 heavy (non-hydrogen) atoms. The standard InChI is InChI=1S/C15H23N3OS/c1-10-6-4-5-7-13(10)18-14(19)9-20-15-16-11(2)8-12(3)17-15/h8,10,13H,4-7,9H2,1-3H3,(H,18,19)/t10-,13+/m1/s1. The molecule has 0 bridgehead atoms. The van der Waals surface area contributed by atoms with Crippen molar-refractivity contribution in [1.82, 2.24) is 15.3 Å². The number of nitrogens with one attached hydrogen (secondary N) is 1. The molecule has 0 aromatic carbocycles. The first kappa shape index (κ1) is 15.3. The minimum atomic E-state index is 0.0940. The van der Waals surface area contributed by atoms with Crippen LogP contribution in [0.25, 0.3) is 0 Å². The average Bonchev–Trinajstić information content (AvgIpc) is 2.38. The van der Waals surface area contributed by atoms with E-state index in [9.17, 15) is 4.79 Å². The molecular formula is C15H23N3OS. The van der Waals surface area contributed by atoms with Crippen LogP contribution in [0.2, 0.25) is 0 Å². The Bertz CT molecular complexity index is 458. The summed E-state index contributed by atoms with van der Waals surface area (Å²) >= 11 is 1.41. The molecule has 2 rings (SSSR count). The molecule has 1 aromatic rings. The molecule has 2 atom stereocenters. The van der Waals surface area contributed by atoms with Crippen molar-refractivity contribution < 1.29 is 4.79 Å². The second kappa shape index (κ2) is 7.07. The zero-order chi connectivity index (χ0) is 14.5. The fourth-order valence-corrected chi connectivity index (χ4v) is 3.43. The number of hydrogen-bond acceptors (Lipinski definition) is 4. The highest BCUT2D eigenvalue weighted by atomic mass is 32.2. The summed E-state index contributed by atoms with van der Waals surface area (Å²) in [6.07, 6.45) is 4.84. The van der Waals surface area contributed by atoms with Crippen molar-refractivity contribution in [3.8, 4) is 0 Å². The lowest BCUT2D eigenvalue weighted by molar-refractivity contribution is -0.119. The van der Waals surface area contributed by atoms with Crippen LogP contribution in [-0.2, 0) is 4.79 Å². The third-order valence-corrected chi connectivity index (χ3v) is 4.60. The Morgan fingerprint density at radius 1 is 1.30 bits per heavy atom. The topological polar surface area (TPSA) is 54.9 Å². The van der Waals surface area contributed by atoms with Crippen LogP contribution in [0, 0.1) is 19.8 Å². The molecule has 0 spiro atoms. The molecule has 5 heteroatoms. The third-order valence-electron chi connectivity index (χ3n) is 3.75. The van der Waals surface area contributed by atoms with Crippen LogP contribution in [0.15, 0.2) is 11.2 Å². The summed E-state index contributed by atoms with van der Waals surface area (Å²) in [7, 11) is 0. The normalized spacial score (nSPS) is 22.6. The van der Waals surface area contributed by atoms with Crippen LogP contribution in [-0.4, -0.2) is 27.7 Å². The Balaban J connectivity index is 1.82. The Morgan fingerprint density at radius 3 is 2.60 bits per heavy atom. The summed E-state index contributed by atoms with van der Waals surface area (Å²) in [5.74, 6) is 1.08. The SMILES string of the molecule is Cc1cc(C)nc(SCC(=O)N[C@H]2CCCC[C@H]2C)n1. The van der Waals surface area contributed by atoms with Gasteiger partial charge in [-0.1, -0.05) is 31.5 Å². The smallest absolute Gasteiger partial charge is 0.230 e. The fourth-order valence-electron chi connectivity index (χ4n) is 2.67. The maximum Gasteiger partial charge on any atom is 0.230 e. The summed E-state index contributed by atoms with van der Waals surface area (Å²) in [5, 5.41) is 3.84. The number of amides is 1. The first-order chi connectivity index (χ1) is 9.54. The van der Waals surface area contributed by atoms with Gasteiger partial charge in [0.2, 0.25) is 5.91 Å². The summed E-state index contributed by atoms with van der Waals surface area (Å²) in [6, 6.07) is 2.28. The van der Waals surface area contributed by atoms with Crippen LogP contribution >= 0.6 is 11.8 Å². The molecule has 1 amide bonds. The lowest BCUT2D eigenvalue weighted by atomic mass is 9.86. The average molecular weight is 293 g/mol. The quantitative estimate of drug-likeness (QED) is 0.685. The largest absolute Gasteiger partial charge is 0.352 e. The monoisotopic (exact) mass is 293 g/mol. The lowest BCUT2D eigenvalue weighted by Gasteiger charge is -2.29. The molecule has 4 nitrogen and oxygen atoms in total. The zero-order valence-corrected chi connectivity index (χ0v) is 13.3. The summed E-state index contributed by atoms with van der Waals surface area (Å²) < 4.78 is 0. The number of thioether (sulfide) groups is 1. The van der Waals surface area contributed by atoms with Crippen LogP contribution in [0.5, 0.6) is 0 Å². The van der Waals surface area contributed by atoms with E-state index in [0.29, 0.717) is 22.9 Å². The van der Waals surface area contributed by atoms with Crippen LogP contribution < -0.4 is 5.32 Å². The van der Waals surface area contributed by atoms with Gasteiger partial charge >= 0.3 is 0 Å². The number of carbonyl (C=O) groups is 1. The maximum atomic E-state index is 12.0. The van der Waals surface area contributed by atoms with E-state index in [4.69, 9.17) is 0 Å². The minimum absolute atomic E-state index is 0.0940. The van der Waals surface area contributed by atoms with E-state index in [2.05, 4.69) is 22.2 Å². The molecular weight excluding hydrogens is 270 g/mol. The Hall–Kier alpha value is -1.10. The number of rotatable bonds is 4. The van der Waals surface area contributed by atoms with E-state index in [-0.39, 0.29) is 5.91 Å². The molecule has 0 saturated heterocycles. The van der Waals surface area contributed by atoms with Gasteiger partial charge in [0.05, 0.1) is 5.75 Å². The highest BCUT2D eigenvalue weighted by Gasteiger charge is 2.22. The van der Waals surface area contributed by atoms with Crippen molar-refractivity contribution in [1.29, 1.82) is 0 Å². The first-order valence-electron chi connectivity index (χ1n) is 7.29. The number of aryl methyl sites for hydroxylation is 2. The van der Waals surface area contributed by atoms with Crippen LogP contribution in [0.3, 0.4) is 0 Å². The first-order valence-corrected chi connectivity index (χ1v) is 8.27. The van der Waals surface area contributed by atoms with Gasteiger partial charge in [-0.15, -0.1) is 0 Å². The van der Waals surface area contributed by atoms with Gasteiger partial charge in [-0.25, -0.2) is 9.97 Å². The van der Waals surface area contributed by atoms with E-state index < -0.39 is 0 Å². The van der Waals surface area contributed by atoms with E-state index in [1.54, 1.807) is 0 Å². The van der Waals surface area contributed by atoms with Gasteiger partial charge in [-0.3, -0.25) is 4.79 Å². The Kier molecular flexibility index (Phi) is 5.40. The van der Waals surface area contributed by atoms with Crippen molar-refractivity contribution >= 4 is 17.7 Å². The molecule has 1 saturated carbocycles. The predicted molar refractivity (Wildman–Crippen MR) is 81.8 cm³/mol. The number of hydrogen-bond donors (Lipinski definition) is 1. The predicted octanol–water partition coefficient (Wildman–Crippen LogP) is 2.88. The van der Waals surface area contributed by atoms with Crippen molar-refractivity contribution in [3.05, 3.63) is 17.5 Å². The van der Waals surface area contributed by atoms with E-state index in [1.165, 1.54) is 31.0 Å². The molecule has 1 N–H and O–H groups in total. The number of aromatic nitrogens is 2. The zero-order valence-electron chi connectivity index (χ0n) is 12.5. The lowest BCUT2D eigenvalue weighted by Crippen LogP contribution is -2.41. The van der Waals surface area contributed by atoms with Crippen molar-refractivity contribution in [2.24, 2.45) is 5.92 Å².